The molecule has 1 N–H and O–H groups in total. The molecule has 4 aliphatic rings. The number of rotatable bonds is 9. The molecule has 8 nitrogen and oxygen atoms in total. The van der Waals surface area contributed by atoms with Crippen LogP contribution in [0.3, 0.4) is 0 Å². The summed E-state index contributed by atoms with van der Waals surface area (Å²) in [5.41, 5.74) is -1.23. The Morgan fingerprint density at radius 3 is 2.33 bits per heavy atom. The standard InChI is InChI=1S/C37H47F4N3O5/c1-48-22-26-19-43(35(47)36(38)23-44(28-7-3-4-8-28)21-32(36)24-9-12-29(49-2)13-10-24)20-31(26)30-14-11-27(37(39,40)41)18-33(30)42-16-5-6-25(15-17-42)34(45)46/h9-14,18,25-26,28,31-32H,3-8,15-17,19-23H2,1-2H3,(H,45,46)/t25?,26-,31+,32+,36+/m1/s1. The summed E-state index contributed by atoms with van der Waals surface area (Å²) in [6.45, 7) is 1.72. The van der Waals surface area contributed by atoms with E-state index < -0.39 is 47.0 Å². The number of aliphatic carboxylic acids is 1. The number of anilines is 1. The molecule has 0 spiro atoms. The first-order valence-electron chi connectivity index (χ1n) is 17.5. The number of halogens is 4. The Hall–Kier alpha value is -3.38. The summed E-state index contributed by atoms with van der Waals surface area (Å²) < 4.78 is 70.6. The van der Waals surface area contributed by atoms with Crippen molar-refractivity contribution < 1.29 is 41.7 Å². The minimum absolute atomic E-state index is 0.00659. The molecule has 1 amide bonds. The number of carbonyl (C=O) groups is 2. The van der Waals surface area contributed by atoms with Crippen molar-refractivity contribution in [1.29, 1.82) is 0 Å². The van der Waals surface area contributed by atoms with Crippen molar-refractivity contribution in [2.24, 2.45) is 11.8 Å². The second kappa shape index (κ2) is 14.5. The van der Waals surface area contributed by atoms with Gasteiger partial charge in [0.2, 0.25) is 5.67 Å². The maximum absolute atomic E-state index is 17.7. The van der Waals surface area contributed by atoms with Crippen LogP contribution in [0.5, 0.6) is 5.75 Å². The zero-order valence-electron chi connectivity index (χ0n) is 28.3. The van der Waals surface area contributed by atoms with Crippen molar-refractivity contribution in [1.82, 2.24) is 9.80 Å². The Bertz CT molecular complexity index is 1480. The van der Waals surface area contributed by atoms with Crippen LogP contribution in [-0.2, 0) is 20.5 Å². The molecule has 0 radical (unpaired) electrons. The lowest BCUT2D eigenvalue weighted by Gasteiger charge is -2.31. The van der Waals surface area contributed by atoms with Gasteiger partial charge in [-0.2, -0.15) is 13.2 Å². The lowest BCUT2D eigenvalue weighted by molar-refractivity contribution is -0.143. The van der Waals surface area contributed by atoms with Crippen molar-refractivity contribution in [2.75, 3.05) is 65.0 Å². The van der Waals surface area contributed by atoms with Gasteiger partial charge in [0.05, 0.1) is 25.2 Å². The number of likely N-dealkylation sites (tertiary alicyclic amines) is 2. The van der Waals surface area contributed by atoms with Crippen LogP contribution in [0, 0.1) is 11.8 Å². The molecule has 5 atom stereocenters. The van der Waals surface area contributed by atoms with E-state index in [1.54, 1.807) is 31.3 Å². The fourth-order valence-corrected chi connectivity index (χ4v) is 8.75. The third-order valence-corrected chi connectivity index (χ3v) is 11.4. The van der Waals surface area contributed by atoms with Crippen LogP contribution in [0.2, 0.25) is 0 Å². The molecule has 0 bridgehead atoms. The Morgan fingerprint density at radius 1 is 0.939 bits per heavy atom. The minimum Gasteiger partial charge on any atom is -0.497 e. The van der Waals surface area contributed by atoms with Crippen LogP contribution in [0.4, 0.5) is 23.2 Å². The van der Waals surface area contributed by atoms with Gasteiger partial charge in [0.1, 0.15) is 5.75 Å². The second-order valence-corrected chi connectivity index (χ2v) is 14.3. The van der Waals surface area contributed by atoms with E-state index in [0.29, 0.717) is 55.9 Å². The van der Waals surface area contributed by atoms with Crippen molar-refractivity contribution in [3.8, 4) is 5.75 Å². The average molecular weight is 690 g/mol. The molecular weight excluding hydrogens is 642 g/mol. The molecule has 49 heavy (non-hydrogen) atoms. The van der Waals surface area contributed by atoms with Gasteiger partial charge in [-0.25, -0.2) is 4.39 Å². The summed E-state index contributed by atoms with van der Waals surface area (Å²) in [7, 11) is 3.11. The van der Waals surface area contributed by atoms with Crippen molar-refractivity contribution in [3.63, 3.8) is 0 Å². The molecule has 3 heterocycles. The number of alkyl halides is 4. The highest BCUT2D eigenvalue weighted by Gasteiger charge is 2.57. The van der Waals surface area contributed by atoms with Crippen LogP contribution in [-0.4, -0.2) is 98.6 Å². The zero-order chi connectivity index (χ0) is 34.9. The molecule has 1 unspecified atom stereocenters. The summed E-state index contributed by atoms with van der Waals surface area (Å²) >= 11 is 0. The molecule has 2 aromatic carbocycles. The molecule has 6 rings (SSSR count). The van der Waals surface area contributed by atoms with E-state index in [1.165, 1.54) is 6.07 Å². The monoisotopic (exact) mass is 689 g/mol. The molecular formula is C37H47F4N3O5. The Morgan fingerprint density at radius 2 is 1.67 bits per heavy atom. The van der Waals surface area contributed by atoms with Gasteiger partial charge in [-0.3, -0.25) is 14.5 Å². The topological polar surface area (TPSA) is 82.6 Å². The highest BCUT2D eigenvalue weighted by Crippen LogP contribution is 2.47. The van der Waals surface area contributed by atoms with E-state index in [-0.39, 0.29) is 38.2 Å². The third-order valence-electron chi connectivity index (χ3n) is 11.4. The average Bonchev–Trinajstić information content (AvgIpc) is 3.80. The lowest BCUT2D eigenvalue weighted by atomic mass is 9.85. The van der Waals surface area contributed by atoms with Crippen LogP contribution < -0.4 is 9.64 Å². The Labute approximate surface area is 285 Å². The van der Waals surface area contributed by atoms with Crippen molar-refractivity contribution >= 4 is 17.6 Å². The molecule has 1 aliphatic carbocycles. The van der Waals surface area contributed by atoms with Crippen LogP contribution in [0.15, 0.2) is 42.5 Å². The number of hydrogen-bond acceptors (Lipinski definition) is 6. The first-order chi connectivity index (χ1) is 23.4. The van der Waals surface area contributed by atoms with E-state index in [1.807, 2.05) is 17.0 Å². The fraction of sp³-hybridized carbons (Fsp3) is 0.622. The van der Waals surface area contributed by atoms with Gasteiger partial charge in [0, 0.05) is 75.9 Å². The predicted octanol–water partition coefficient (Wildman–Crippen LogP) is 6.34. The number of methoxy groups -OCH3 is 2. The molecule has 268 valence electrons. The third kappa shape index (κ3) is 7.27. The molecule has 12 heteroatoms. The van der Waals surface area contributed by atoms with E-state index in [0.717, 1.165) is 43.4 Å². The van der Waals surface area contributed by atoms with Crippen LogP contribution in [0.25, 0.3) is 0 Å². The highest BCUT2D eigenvalue weighted by atomic mass is 19.4. The molecule has 3 saturated heterocycles. The SMILES string of the molecule is COC[C@H]1CN(C(=O)[C@]2(F)CN(C3CCCC3)C[C@H]2c2ccc(OC)cc2)C[C@@H]1c1ccc(C(F)(F)F)cc1N1CCCC(C(=O)O)CC1. The smallest absolute Gasteiger partial charge is 0.416 e. The number of carboxylic acids is 1. The number of amides is 1. The van der Waals surface area contributed by atoms with Crippen LogP contribution in [0.1, 0.15) is 73.5 Å². The fourth-order valence-electron chi connectivity index (χ4n) is 8.75. The van der Waals surface area contributed by atoms with Gasteiger partial charge < -0.3 is 24.4 Å². The number of nitrogens with zero attached hydrogens (tertiary/aromatic N) is 3. The summed E-state index contributed by atoms with van der Waals surface area (Å²) in [5, 5.41) is 9.62. The zero-order valence-corrected chi connectivity index (χ0v) is 28.3. The molecule has 2 aromatic rings. The largest absolute Gasteiger partial charge is 0.497 e. The first kappa shape index (κ1) is 35.4. The summed E-state index contributed by atoms with van der Waals surface area (Å²) in [6, 6.07) is 11.2. The van der Waals surface area contributed by atoms with Gasteiger partial charge in [-0.15, -0.1) is 0 Å². The number of benzene rings is 2. The summed E-state index contributed by atoms with van der Waals surface area (Å²) in [5.74, 6) is -2.78. The quantitative estimate of drug-likeness (QED) is 0.308. The summed E-state index contributed by atoms with van der Waals surface area (Å²) in [4.78, 5) is 31.8. The van der Waals surface area contributed by atoms with Crippen molar-refractivity contribution in [3.05, 3.63) is 59.2 Å². The van der Waals surface area contributed by atoms with Gasteiger partial charge in [0.15, 0.2) is 0 Å². The summed E-state index contributed by atoms with van der Waals surface area (Å²) in [6.07, 6.45) is 0.827. The Balaban J connectivity index is 1.32. The maximum Gasteiger partial charge on any atom is 0.416 e. The molecule has 4 fully saturated rings. The van der Waals surface area contributed by atoms with Gasteiger partial charge in [-0.1, -0.05) is 31.0 Å². The van der Waals surface area contributed by atoms with Gasteiger partial charge in [0.25, 0.3) is 5.91 Å². The van der Waals surface area contributed by atoms with Gasteiger partial charge >= 0.3 is 12.1 Å². The minimum atomic E-state index is -4.57. The number of ether oxygens (including phenoxy) is 2. The molecule has 1 saturated carbocycles. The maximum atomic E-state index is 17.7. The van der Waals surface area contributed by atoms with Gasteiger partial charge in [-0.05, 0) is 67.5 Å². The van der Waals surface area contributed by atoms with Crippen LogP contribution >= 0.6 is 0 Å². The van der Waals surface area contributed by atoms with E-state index in [4.69, 9.17) is 9.47 Å². The van der Waals surface area contributed by atoms with E-state index in [9.17, 15) is 27.9 Å². The normalized spacial score (nSPS) is 28.6. The molecule has 0 aromatic heterocycles. The second-order valence-electron chi connectivity index (χ2n) is 14.3. The molecule has 3 aliphatic heterocycles. The van der Waals surface area contributed by atoms with Crippen molar-refractivity contribution in [2.45, 2.75) is 74.7 Å². The highest BCUT2D eigenvalue weighted by molar-refractivity contribution is 5.88. The lowest BCUT2D eigenvalue weighted by Crippen LogP contribution is -2.50. The predicted molar refractivity (Wildman–Crippen MR) is 177 cm³/mol. The first-order valence-corrected chi connectivity index (χ1v) is 17.5. The number of hydrogen-bond donors (Lipinski definition) is 1. The number of carboxylic acid groups (broad SMARTS) is 1. The van der Waals surface area contributed by atoms with E-state index >= 15 is 4.39 Å². The number of carbonyl (C=O) groups excluding carboxylic acids is 1. The Kier molecular flexibility index (Phi) is 10.5. The van der Waals surface area contributed by atoms with E-state index in [2.05, 4.69) is 4.90 Å².